The van der Waals surface area contributed by atoms with E-state index < -0.39 is 5.79 Å². The van der Waals surface area contributed by atoms with E-state index in [1.54, 1.807) is 0 Å². The SMILES string of the molecule is CC1(C)OCC(NC2CCN(Cc3ccccc3)C2)CO1. The minimum absolute atomic E-state index is 0.319. The van der Waals surface area contributed by atoms with Crippen LogP contribution in [0.25, 0.3) is 0 Å². The van der Waals surface area contributed by atoms with Gasteiger partial charge in [0.1, 0.15) is 0 Å². The van der Waals surface area contributed by atoms with E-state index in [9.17, 15) is 0 Å². The van der Waals surface area contributed by atoms with Crippen LogP contribution in [-0.4, -0.2) is 49.1 Å². The predicted octanol–water partition coefficient (Wildman–Crippen LogP) is 2.00. The molecule has 0 spiro atoms. The van der Waals surface area contributed by atoms with Gasteiger partial charge in [0.15, 0.2) is 5.79 Å². The molecule has 2 aliphatic heterocycles. The van der Waals surface area contributed by atoms with Crippen LogP contribution in [0.2, 0.25) is 0 Å². The van der Waals surface area contributed by atoms with Crippen LogP contribution >= 0.6 is 0 Å². The van der Waals surface area contributed by atoms with Crippen LogP contribution in [0.1, 0.15) is 25.8 Å². The first-order chi connectivity index (χ1) is 10.1. The third-order valence-corrected chi connectivity index (χ3v) is 4.26. The molecule has 116 valence electrons. The average molecular weight is 290 g/mol. The molecular weight excluding hydrogens is 264 g/mol. The molecule has 4 nitrogen and oxygen atoms in total. The van der Waals surface area contributed by atoms with Gasteiger partial charge in [-0.05, 0) is 25.8 Å². The molecular formula is C17H26N2O2. The van der Waals surface area contributed by atoms with Crippen molar-refractivity contribution in [1.29, 1.82) is 0 Å². The van der Waals surface area contributed by atoms with Crippen LogP contribution in [0.3, 0.4) is 0 Å². The maximum atomic E-state index is 5.71. The Hall–Kier alpha value is -0.940. The third kappa shape index (κ3) is 4.27. The molecule has 1 unspecified atom stereocenters. The highest BCUT2D eigenvalue weighted by Crippen LogP contribution is 2.19. The Labute approximate surface area is 127 Å². The molecule has 0 aliphatic carbocycles. The lowest BCUT2D eigenvalue weighted by atomic mass is 10.2. The summed E-state index contributed by atoms with van der Waals surface area (Å²) < 4.78 is 11.4. The normalized spacial score (nSPS) is 27.0. The van der Waals surface area contributed by atoms with E-state index >= 15 is 0 Å². The lowest BCUT2D eigenvalue weighted by Crippen LogP contribution is -2.52. The first-order valence-electron chi connectivity index (χ1n) is 7.91. The summed E-state index contributed by atoms with van der Waals surface area (Å²) in [6, 6.07) is 11.6. The van der Waals surface area contributed by atoms with Gasteiger partial charge in [0.05, 0.1) is 19.3 Å². The highest BCUT2D eigenvalue weighted by atomic mass is 16.7. The Morgan fingerprint density at radius 2 is 1.86 bits per heavy atom. The fourth-order valence-electron chi connectivity index (χ4n) is 3.08. The summed E-state index contributed by atoms with van der Waals surface area (Å²) in [4.78, 5) is 2.52. The van der Waals surface area contributed by atoms with Gasteiger partial charge in [0.25, 0.3) is 0 Å². The molecule has 1 N–H and O–H groups in total. The zero-order valence-corrected chi connectivity index (χ0v) is 13.0. The first-order valence-corrected chi connectivity index (χ1v) is 7.91. The molecule has 4 heteroatoms. The number of ether oxygens (including phenoxy) is 2. The van der Waals surface area contributed by atoms with E-state index in [-0.39, 0.29) is 0 Å². The summed E-state index contributed by atoms with van der Waals surface area (Å²) in [7, 11) is 0. The van der Waals surface area contributed by atoms with Crippen molar-refractivity contribution in [2.24, 2.45) is 0 Å². The molecule has 21 heavy (non-hydrogen) atoms. The minimum atomic E-state index is -0.423. The minimum Gasteiger partial charge on any atom is -0.349 e. The van der Waals surface area contributed by atoms with E-state index in [0.717, 1.165) is 32.8 Å². The maximum absolute atomic E-state index is 5.71. The lowest BCUT2D eigenvalue weighted by Gasteiger charge is -2.36. The van der Waals surface area contributed by atoms with Crippen LogP contribution in [0.5, 0.6) is 0 Å². The zero-order valence-electron chi connectivity index (χ0n) is 13.0. The summed E-state index contributed by atoms with van der Waals surface area (Å²) in [5.41, 5.74) is 1.39. The second-order valence-corrected chi connectivity index (χ2v) is 6.59. The van der Waals surface area contributed by atoms with Crippen LogP contribution in [0.15, 0.2) is 30.3 Å². The van der Waals surface area contributed by atoms with Crippen molar-refractivity contribution in [3.63, 3.8) is 0 Å². The molecule has 0 amide bonds. The molecule has 2 aliphatic rings. The van der Waals surface area contributed by atoms with Gasteiger partial charge >= 0.3 is 0 Å². The Bertz CT molecular complexity index is 439. The van der Waals surface area contributed by atoms with Crippen molar-refractivity contribution in [3.8, 4) is 0 Å². The molecule has 1 aromatic carbocycles. The number of hydrogen-bond acceptors (Lipinski definition) is 4. The predicted molar refractivity (Wildman–Crippen MR) is 83.0 cm³/mol. The smallest absolute Gasteiger partial charge is 0.162 e. The summed E-state index contributed by atoms with van der Waals surface area (Å²) >= 11 is 0. The molecule has 2 heterocycles. The van der Waals surface area contributed by atoms with Gasteiger partial charge in [-0.3, -0.25) is 4.90 Å². The number of nitrogens with one attached hydrogen (secondary N) is 1. The van der Waals surface area contributed by atoms with E-state index in [1.807, 2.05) is 13.8 Å². The van der Waals surface area contributed by atoms with Gasteiger partial charge < -0.3 is 14.8 Å². The molecule has 2 saturated heterocycles. The highest BCUT2D eigenvalue weighted by molar-refractivity contribution is 5.14. The Morgan fingerprint density at radius 1 is 1.14 bits per heavy atom. The fourth-order valence-corrected chi connectivity index (χ4v) is 3.08. The Balaban J connectivity index is 1.43. The van der Waals surface area contributed by atoms with Crippen LogP contribution < -0.4 is 5.32 Å². The number of rotatable bonds is 4. The van der Waals surface area contributed by atoms with E-state index in [4.69, 9.17) is 9.47 Å². The average Bonchev–Trinajstić information content (AvgIpc) is 2.90. The van der Waals surface area contributed by atoms with Crippen molar-refractivity contribution in [2.45, 2.75) is 44.7 Å². The van der Waals surface area contributed by atoms with Crippen molar-refractivity contribution < 1.29 is 9.47 Å². The molecule has 1 aromatic rings. The van der Waals surface area contributed by atoms with Gasteiger partial charge in [-0.1, -0.05) is 30.3 Å². The summed E-state index contributed by atoms with van der Waals surface area (Å²) in [5.74, 6) is -0.423. The third-order valence-electron chi connectivity index (χ3n) is 4.26. The Kier molecular flexibility index (Phi) is 4.60. The van der Waals surface area contributed by atoms with Gasteiger partial charge in [-0.15, -0.1) is 0 Å². The monoisotopic (exact) mass is 290 g/mol. The number of likely N-dealkylation sites (tertiary alicyclic amines) is 1. The number of hydrogen-bond donors (Lipinski definition) is 1. The molecule has 0 bridgehead atoms. The van der Waals surface area contributed by atoms with Crippen molar-refractivity contribution >= 4 is 0 Å². The van der Waals surface area contributed by atoms with E-state index in [2.05, 4.69) is 40.5 Å². The van der Waals surface area contributed by atoms with Gasteiger partial charge in [0, 0.05) is 25.7 Å². The number of nitrogens with zero attached hydrogens (tertiary/aromatic N) is 1. The summed E-state index contributed by atoms with van der Waals surface area (Å²) in [5, 5.41) is 3.68. The van der Waals surface area contributed by atoms with Crippen molar-refractivity contribution in [2.75, 3.05) is 26.3 Å². The topological polar surface area (TPSA) is 33.7 Å². The molecule has 0 saturated carbocycles. The van der Waals surface area contributed by atoms with Gasteiger partial charge in [-0.2, -0.15) is 0 Å². The number of benzene rings is 1. The Morgan fingerprint density at radius 3 is 2.57 bits per heavy atom. The zero-order chi connectivity index (χ0) is 14.7. The quantitative estimate of drug-likeness (QED) is 0.919. The van der Waals surface area contributed by atoms with Gasteiger partial charge in [0.2, 0.25) is 0 Å². The molecule has 0 radical (unpaired) electrons. The maximum Gasteiger partial charge on any atom is 0.162 e. The molecule has 2 fully saturated rings. The van der Waals surface area contributed by atoms with Crippen molar-refractivity contribution in [1.82, 2.24) is 10.2 Å². The second-order valence-electron chi connectivity index (χ2n) is 6.59. The standard InChI is InChI=1S/C17H26N2O2/c1-17(2)20-12-16(13-21-17)18-15-8-9-19(11-15)10-14-6-4-3-5-7-14/h3-7,15-16,18H,8-13H2,1-2H3. The van der Waals surface area contributed by atoms with E-state index in [1.165, 1.54) is 12.0 Å². The summed E-state index contributed by atoms with van der Waals surface area (Å²) in [6.45, 7) is 8.73. The van der Waals surface area contributed by atoms with Gasteiger partial charge in [-0.25, -0.2) is 0 Å². The highest BCUT2D eigenvalue weighted by Gasteiger charge is 2.31. The summed E-state index contributed by atoms with van der Waals surface area (Å²) in [6.07, 6.45) is 1.20. The lowest BCUT2D eigenvalue weighted by molar-refractivity contribution is -0.253. The van der Waals surface area contributed by atoms with Crippen LogP contribution in [-0.2, 0) is 16.0 Å². The molecule has 0 aromatic heterocycles. The first kappa shape index (κ1) is 15.0. The second kappa shape index (κ2) is 6.44. The molecule has 3 rings (SSSR count). The van der Waals surface area contributed by atoms with E-state index in [0.29, 0.717) is 12.1 Å². The molecule has 1 atom stereocenters. The van der Waals surface area contributed by atoms with Crippen LogP contribution in [0.4, 0.5) is 0 Å². The largest absolute Gasteiger partial charge is 0.349 e. The fraction of sp³-hybridized carbons (Fsp3) is 0.647. The van der Waals surface area contributed by atoms with Crippen LogP contribution in [0, 0.1) is 0 Å². The van der Waals surface area contributed by atoms with Crippen molar-refractivity contribution in [3.05, 3.63) is 35.9 Å².